The zero-order valence-corrected chi connectivity index (χ0v) is 8.84. The molecule has 1 atom stereocenters. The van der Waals surface area contributed by atoms with Crippen LogP contribution in [0.25, 0.3) is 0 Å². The lowest BCUT2D eigenvalue weighted by Crippen LogP contribution is -1.98. The molecule has 0 aromatic heterocycles. The molecule has 0 aliphatic rings. The molecule has 1 aromatic carbocycles. The summed E-state index contributed by atoms with van der Waals surface area (Å²) < 4.78 is 42.5. The highest BCUT2D eigenvalue weighted by molar-refractivity contribution is 7.53. The van der Waals surface area contributed by atoms with E-state index in [1.165, 1.54) is 12.1 Å². The summed E-state index contributed by atoms with van der Waals surface area (Å²) in [5, 5.41) is 0. The molecule has 1 rings (SSSR count). The van der Waals surface area contributed by atoms with Gasteiger partial charge in [-0.05, 0) is 29.1 Å². The average molecular weight is 237 g/mol. The van der Waals surface area contributed by atoms with Crippen molar-refractivity contribution in [3.05, 3.63) is 23.8 Å². The molecule has 15 heavy (non-hydrogen) atoms. The number of anilines is 1. The molecule has 0 bridgehead atoms. The normalized spacial score (nSPS) is 14.6. The lowest BCUT2D eigenvalue weighted by molar-refractivity contribution is -0.0189. The molecule has 0 aliphatic heterocycles. The van der Waals surface area contributed by atoms with E-state index in [1.807, 2.05) is 0 Å². The van der Waals surface area contributed by atoms with Gasteiger partial charge in [-0.15, -0.1) is 0 Å². The molecule has 0 saturated heterocycles. The maximum Gasteiger partial charge on any atom is 0.441 e. The van der Waals surface area contributed by atoms with Gasteiger partial charge in [0.15, 0.2) is 5.75 Å². The van der Waals surface area contributed by atoms with Crippen molar-refractivity contribution in [1.82, 2.24) is 0 Å². The van der Waals surface area contributed by atoms with E-state index in [4.69, 9.17) is 5.73 Å². The number of halogens is 2. The fourth-order valence-electron chi connectivity index (χ4n) is 0.958. The predicted molar refractivity (Wildman–Crippen MR) is 52.0 cm³/mol. The first kappa shape index (κ1) is 11.9. The van der Waals surface area contributed by atoms with Crippen LogP contribution in [0.4, 0.5) is 14.6 Å². The Morgan fingerprint density at radius 3 is 2.67 bits per heavy atom. The molecule has 0 heterocycles. The molecule has 2 N–H and O–H groups in total. The number of nitrogen functional groups attached to an aromatic ring is 1. The van der Waals surface area contributed by atoms with Crippen molar-refractivity contribution in [1.29, 1.82) is 0 Å². The molecule has 1 unspecified atom stereocenters. The van der Waals surface area contributed by atoms with Crippen molar-refractivity contribution in [3.8, 4) is 5.75 Å². The maximum atomic E-state index is 12.1. The van der Waals surface area contributed by atoms with Gasteiger partial charge in [-0.3, -0.25) is 0 Å². The van der Waals surface area contributed by atoms with E-state index < -0.39 is 14.0 Å². The molecule has 0 spiro atoms. The summed E-state index contributed by atoms with van der Waals surface area (Å²) in [4.78, 5) is 0. The van der Waals surface area contributed by atoms with Gasteiger partial charge >= 0.3 is 7.60 Å². The summed E-state index contributed by atoms with van der Waals surface area (Å²) in [6.45, 7) is 1.78. The fraction of sp³-hybridized carbons (Fsp3) is 0.250. The summed E-state index contributed by atoms with van der Waals surface area (Å²) in [5.41, 5.74) is 6.47. The molecule has 0 radical (unpaired) electrons. The van der Waals surface area contributed by atoms with E-state index in [1.54, 1.807) is 13.0 Å². The van der Waals surface area contributed by atoms with Gasteiger partial charge in [0.25, 0.3) is 0 Å². The summed E-state index contributed by atoms with van der Waals surface area (Å²) in [7, 11) is -4.36. The van der Waals surface area contributed by atoms with E-state index in [-0.39, 0.29) is 11.4 Å². The number of benzene rings is 1. The van der Waals surface area contributed by atoms with Crippen LogP contribution < -0.4 is 10.3 Å². The zero-order valence-electron chi connectivity index (χ0n) is 7.94. The highest BCUT2D eigenvalue weighted by atomic mass is 31.2. The largest absolute Gasteiger partial charge is 0.441 e. The Hall–Kier alpha value is -1.13. The highest BCUT2D eigenvalue weighted by Gasteiger charge is 2.28. The Kier molecular flexibility index (Phi) is 3.66. The second-order valence-corrected chi connectivity index (χ2v) is 4.71. The third-order valence-electron chi connectivity index (χ3n) is 1.65. The molecule has 4 nitrogen and oxygen atoms in total. The molecular formula is C8H10F2NO3P. The first-order chi connectivity index (χ1) is 7.00. The topological polar surface area (TPSA) is 61.5 Å². The summed E-state index contributed by atoms with van der Waals surface area (Å²) in [5.74, 6) is -0.0702. The van der Waals surface area contributed by atoms with Crippen molar-refractivity contribution in [2.45, 2.75) is 6.92 Å². The van der Waals surface area contributed by atoms with Crippen molar-refractivity contribution >= 4 is 13.3 Å². The second kappa shape index (κ2) is 4.59. The van der Waals surface area contributed by atoms with Crippen LogP contribution in [0.5, 0.6) is 5.75 Å². The van der Waals surface area contributed by atoms with Crippen LogP contribution in [0.15, 0.2) is 18.2 Å². The van der Waals surface area contributed by atoms with Crippen LogP contribution in [-0.2, 0) is 9.29 Å². The van der Waals surface area contributed by atoms with E-state index >= 15 is 0 Å². The third kappa shape index (κ3) is 2.91. The van der Waals surface area contributed by atoms with Crippen LogP contribution >= 0.6 is 7.60 Å². The van der Waals surface area contributed by atoms with Crippen LogP contribution in [0.1, 0.15) is 5.56 Å². The van der Waals surface area contributed by atoms with Gasteiger partial charge in [0.05, 0.1) is 5.69 Å². The lowest BCUT2D eigenvalue weighted by atomic mass is 10.2. The smallest absolute Gasteiger partial charge is 0.419 e. The van der Waals surface area contributed by atoms with Crippen molar-refractivity contribution in [2.75, 3.05) is 12.1 Å². The molecule has 0 saturated carbocycles. The van der Waals surface area contributed by atoms with Crippen LogP contribution in [0, 0.1) is 6.92 Å². The predicted octanol–water partition coefficient (Wildman–Crippen LogP) is 2.98. The van der Waals surface area contributed by atoms with E-state index in [9.17, 15) is 13.5 Å². The first-order valence-electron chi connectivity index (χ1n) is 4.02. The van der Waals surface area contributed by atoms with Crippen molar-refractivity contribution in [2.24, 2.45) is 0 Å². The Morgan fingerprint density at radius 1 is 1.53 bits per heavy atom. The van der Waals surface area contributed by atoms with Gasteiger partial charge < -0.3 is 10.3 Å². The molecule has 0 aliphatic carbocycles. The number of aryl methyl sites for hydroxylation is 1. The third-order valence-corrected chi connectivity index (χ3v) is 2.63. The van der Waals surface area contributed by atoms with Crippen molar-refractivity contribution in [3.63, 3.8) is 0 Å². The highest BCUT2D eigenvalue weighted by Crippen LogP contribution is 2.49. The number of nitrogens with two attached hydrogens (primary N) is 1. The van der Waals surface area contributed by atoms with Gasteiger partial charge in [0.2, 0.25) is 6.42 Å². The zero-order chi connectivity index (χ0) is 11.5. The minimum Gasteiger partial charge on any atom is -0.419 e. The minimum absolute atomic E-state index is 0.0702. The van der Waals surface area contributed by atoms with Gasteiger partial charge in [-0.2, -0.15) is 0 Å². The van der Waals surface area contributed by atoms with Gasteiger partial charge in [-0.1, -0.05) is 10.8 Å². The maximum absolute atomic E-state index is 12.1. The quantitative estimate of drug-likeness (QED) is 0.645. The molecule has 84 valence electrons. The van der Waals surface area contributed by atoms with Crippen LogP contribution in [-0.4, -0.2) is 6.42 Å². The Balaban J connectivity index is 2.94. The number of alkyl halides is 1. The number of hydrogen-bond donors (Lipinski definition) is 1. The Morgan fingerprint density at radius 2 is 2.20 bits per heavy atom. The SMILES string of the molecule is Cc1ccc(OP(=O)(CF)OF)c(N)c1. The monoisotopic (exact) mass is 237 g/mol. The standard InChI is InChI=1S/C8H10F2NO3P/c1-6-2-3-8(7(11)4-6)13-15(12,5-9)14-10/h2-4H,5,11H2,1H3. The van der Waals surface area contributed by atoms with E-state index in [2.05, 4.69) is 9.25 Å². The van der Waals surface area contributed by atoms with Gasteiger partial charge in [0.1, 0.15) is 0 Å². The van der Waals surface area contributed by atoms with Gasteiger partial charge in [-0.25, -0.2) is 8.96 Å². The van der Waals surface area contributed by atoms with Crippen molar-refractivity contribution < 1.29 is 22.7 Å². The number of rotatable bonds is 4. The Labute approximate surface area is 85.4 Å². The molecule has 1 aromatic rings. The lowest BCUT2D eigenvalue weighted by Gasteiger charge is -2.13. The van der Waals surface area contributed by atoms with E-state index in [0.29, 0.717) is 0 Å². The number of hydrogen-bond acceptors (Lipinski definition) is 4. The molecule has 0 fully saturated rings. The summed E-state index contributed by atoms with van der Waals surface area (Å²) in [6.07, 6.45) is -1.56. The molecular weight excluding hydrogens is 227 g/mol. The summed E-state index contributed by atoms with van der Waals surface area (Å²) >= 11 is 0. The van der Waals surface area contributed by atoms with E-state index in [0.717, 1.165) is 5.56 Å². The van der Waals surface area contributed by atoms with Gasteiger partial charge in [0, 0.05) is 0 Å². The van der Waals surface area contributed by atoms with Crippen LogP contribution in [0.3, 0.4) is 0 Å². The average Bonchev–Trinajstić information content (AvgIpc) is 2.22. The Bertz CT molecular complexity index is 391. The summed E-state index contributed by atoms with van der Waals surface area (Å²) in [6, 6.07) is 4.49. The van der Waals surface area contributed by atoms with Crippen LogP contribution in [0.2, 0.25) is 0 Å². The minimum atomic E-state index is -4.36. The fourth-order valence-corrected chi connectivity index (χ4v) is 1.54. The molecule has 7 heteroatoms. The second-order valence-electron chi connectivity index (χ2n) is 2.93. The first-order valence-corrected chi connectivity index (χ1v) is 5.74. The molecule has 0 amide bonds.